The first-order chi connectivity index (χ1) is 8.15. The van der Waals surface area contributed by atoms with Crippen molar-refractivity contribution in [2.24, 2.45) is 11.8 Å². The molecule has 6 heteroatoms. The Balaban J connectivity index is 1.73. The summed E-state index contributed by atoms with van der Waals surface area (Å²) < 4.78 is 4.95. The second kappa shape index (κ2) is 5.16. The third-order valence-corrected chi connectivity index (χ3v) is 3.27. The molecule has 1 aliphatic rings. The van der Waals surface area contributed by atoms with E-state index in [0.717, 1.165) is 32.2 Å². The average molecular weight is 239 g/mol. The molecule has 0 radical (unpaired) electrons. The van der Waals surface area contributed by atoms with E-state index in [4.69, 9.17) is 9.63 Å². The number of aliphatic carboxylic acids is 1. The number of aromatic nitrogens is 2. The first kappa shape index (κ1) is 11.9. The molecule has 0 aliphatic heterocycles. The minimum atomic E-state index is -0.663. The van der Waals surface area contributed by atoms with Crippen molar-refractivity contribution in [2.45, 2.75) is 32.6 Å². The van der Waals surface area contributed by atoms with Gasteiger partial charge in [0.15, 0.2) is 5.82 Å². The maximum absolute atomic E-state index is 10.8. The van der Waals surface area contributed by atoms with Gasteiger partial charge in [0.1, 0.15) is 0 Å². The third-order valence-electron chi connectivity index (χ3n) is 3.27. The topological polar surface area (TPSA) is 88.2 Å². The Labute approximate surface area is 99.4 Å². The van der Waals surface area contributed by atoms with Crippen LogP contribution >= 0.6 is 0 Å². The largest absolute Gasteiger partial charge is 0.481 e. The maximum atomic E-state index is 10.8. The van der Waals surface area contributed by atoms with Crippen LogP contribution in [0.3, 0.4) is 0 Å². The molecule has 1 aromatic heterocycles. The Kier molecular flexibility index (Phi) is 3.61. The molecule has 2 rings (SSSR count). The Bertz CT molecular complexity index is 383. The highest BCUT2D eigenvalue weighted by molar-refractivity contribution is 5.69. The Morgan fingerprint density at radius 2 is 2.18 bits per heavy atom. The van der Waals surface area contributed by atoms with Crippen LogP contribution in [0.4, 0.5) is 6.01 Å². The molecular weight excluding hydrogens is 222 g/mol. The molecule has 6 nitrogen and oxygen atoms in total. The van der Waals surface area contributed by atoms with E-state index in [1.165, 1.54) is 0 Å². The van der Waals surface area contributed by atoms with E-state index in [9.17, 15) is 4.79 Å². The summed E-state index contributed by atoms with van der Waals surface area (Å²) in [5.74, 6) is 0.292. The lowest BCUT2D eigenvalue weighted by molar-refractivity contribution is -0.143. The van der Waals surface area contributed by atoms with Crippen LogP contribution in [-0.4, -0.2) is 27.8 Å². The minimum Gasteiger partial charge on any atom is -0.481 e. The van der Waals surface area contributed by atoms with Gasteiger partial charge in [-0.3, -0.25) is 4.79 Å². The van der Waals surface area contributed by atoms with Gasteiger partial charge in [-0.25, -0.2) is 0 Å². The molecule has 94 valence electrons. The first-order valence-corrected chi connectivity index (χ1v) is 5.92. The van der Waals surface area contributed by atoms with Gasteiger partial charge in [-0.15, -0.1) is 0 Å². The van der Waals surface area contributed by atoms with Crippen LogP contribution in [0.25, 0.3) is 0 Å². The van der Waals surface area contributed by atoms with Crippen molar-refractivity contribution >= 4 is 12.0 Å². The lowest BCUT2D eigenvalue weighted by atomic mass is 9.82. The Morgan fingerprint density at radius 1 is 1.47 bits per heavy atom. The zero-order chi connectivity index (χ0) is 12.3. The molecule has 0 saturated heterocycles. The van der Waals surface area contributed by atoms with Crippen LogP contribution in [0, 0.1) is 18.8 Å². The lowest BCUT2D eigenvalue weighted by Crippen LogP contribution is -2.25. The number of nitrogens with one attached hydrogen (secondary N) is 1. The maximum Gasteiger partial charge on any atom is 0.321 e. The lowest BCUT2D eigenvalue weighted by Gasteiger charge is -2.25. The highest BCUT2D eigenvalue weighted by atomic mass is 16.5. The molecule has 0 unspecified atom stereocenters. The van der Waals surface area contributed by atoms with Gasteiger partial charge in [0, 0.05) is 6.54 Å². The second-order valence-electron chi connectivity index (χ2n) is 4.58. The van der Waals surface area contributed by atoms with Crippen LogP contribution in [-0.2, 0) is 4.79 Å². The monoisotopic (exact) mass is 239 g/mol. The fraction of sp³-hybridized carbons (Fsp3) is 0.727. The van der Waals surface area contributed by atoms with Gasteiger partial charge in [-0.2, -0.15) is 4.98 Å². The number of carboxylic acids is 1. The Morgan fingerprint density at radius 3 is 2.71 bits per heavy atom. The van der Waals surface area contributed by atoms with Crippen molar-refractivity contribution in [1.29, 1.82) is 0 Å². The van der Waals surface area contributed by atoms with Gasteiger partial charge in [-0.05, 0) is 38.5 Å². The number of carboxylic acid groups (broad SMARTS) is 1. The molecule has 0 bridgehead atoms. The van der Waals surface area contributed by atoms with Gasteiger partial charge in [-0.1, -0.05) is 5.16 Å². The van der Waals surface area contributed by atoms with E-state index in [1.807, 2.05) is 0 Å². The average Bonchev–Trinajstić information content (AvgIpc) is 2.73. The smallest absolute Gasteiger partial charge is 0.321 e. The SMILES string of the molecule is Cc1noc(NCC2CCC(C(=O)O)CC2)n1. The van der Waals surface area contributed by atoms with Crippen molar-refractivity contribution in [3.05, 3.63) is 5.82 Å². The van der Waals surface area contributed by atoms with Crippen molar-refractivity contribution < 1.29 is 14.4 Å². The molecule has 1 aliphatic carbocycles. The van der Waals surface area contributed by atoms with Crippen molar-refractivity contribution in [3.63, 3.8) is 0 Å². The minimum absolute atomic E-state index is 0.156. The van der Waals surface area contributed by atoms with Crippen LogP contribution in [0.1, 0.15) is 31.5 Å². The van der Waals surface area contributed by atoms with Gasteiger partial charge in [0.2, 0.25) is 0 Å². The van der Waals surface area contributed by atoms with E-state index in [1.54, 1.807) is 6.92 Å². The number of hydrogen-bond acceptors (Lipinski definition) is 5. The van der Waals surface area contributed by atoms with Gasteiger partial charge >= 0.3 is 12.0 Å². The summed E-state index contributed by atoms with van der Waals surface area (Å²) in [4.78, 5) is 14.8. The van der Waals surface area contributed by atoms with Gasteiger partial charge in [0.05, 0.1) is 5.92 Å². The molecule has 17 heavy (non-hydrogen) atoms. The van der Waals surface area contributed by atoms with Crippen molar-refractivity contribution in [1.82, 2.24) is 10.1 Å². The number of hydrogen-bond donors (Lipinski definition) is 2. The van der Waals surface area contributed by atoms with Crippen LogP contribution in [0.15, 0.2) is 4.52 Å². The summed E-state index contributed by atoms with van der Waals surface area (Å²) in [5, 5.41) is 15.7. The van der Waals surface area contributed by atoms with E-state index in [-0.39, 0.29) is 5.92 Å². The molecule has 0 atom stereocenters. The molecule has 0 aromatic carbocycles. The molecular formula is C11H17N3O3. The molecule has 0 spiro atoms. The number of aryl methyl sites for hydroxylation is 1. The highest BCUT2D eigenvalue weighted by Crippen LogP contribution is 2.28. The zero-order valence-electron chi connectivity index (χ0n) is 9.85. The Hall–Kier alpha value is -1.59. The molecule has 1 aromatic rings. The molecule has 1 heterocycles. The van der Waals surface area contributed by atoms with Gasteiger partial charge < -0.3 is 14.9 Å². The fourth-order valence-electron chi connectivity index (χ4n) is 2.21. The number of rotatable bonds is 4. The summed E-state index contributed by atoms with van der Waals surface area (Å²) in [5.41, 5.74) is 0. The summed E-state index contributed by atoms with van der Waals surface area (Å²) in [6.45, 7) is 2.54. The molecule has 2 N–H and O–H groups in total. The summed E-state index contributed by atoms with van der Waals surface area (Å²) >= 11 is 0. The van der Waals surface area contributed by atoms with E-state index < -0.39 is 5.97 Å². The normalized spacial score (nSPS) is 24.5. The van der Waals surface area contributed by atoms with Crippen LogP contribution in [0.2, 0.25) is 0 Å². The number of carbonyl (C=O) groups is 1. The summed E-state index contributed by atoms with van der Waals surface area (Å²) in [6.07, 6.45) is 3.42. The van der Waals surface area contributed by atoms with Crippen LogP contribution < -0.4 is 5.32 Å². The quantitative estimate of drug-likeness (QED) is 0.831. The van der Waals surface area contributed by atoms with Crippen molar-refractivity contribution in [3.8, 4) is 0 Å². The summed E-state index contributed by atoms with van der Waals surface area (Å²) in [7, 11) is 0. The highest BCUT2D eigenvalue weighted by Gasteiger charge is 2.25. The number of anilines is 1. The second-order valence-corrected chi connectivity index (χ2v) is 4.58. The van der Waals surface area contributed by atoms with E-state index >= 15 is 0 Å². The third kappa shape index (κ3) is 3.18. The standard InChI is InChI=1S/C11H17N3O3/c1-7-13-11(17-14-7)12-6-8-2-4-9(5-3-8)10(15)16/h8-9H,2-6H2,1H3,(H,15,16)(H,12,13,14). The molecule has 1 saturated carbocycles. The molecule has 1 fully saturated rings. The summed E-state index contributed by atoms with van der Waals surface area (Å²) in [6, 6.07) is 0.447. The zero-order valence-corrected chi connectivity index (χ0v) is 9.85. The number of nitrogens with zero attached hydrogens (tertiary/aromatic N) is 2. The van der Waals surface area contributed by atoms with Crippen LogP contribution in [0.5, 0.6) is 0 Å². The predicted octanol–water partition coefficient (Wildman–Crippen LogP) is 1.68. The predicted molar refractivity (Wildman–Crippen MR) is 60.6 cm³/mol. The van der Waals surface area contributed by atoms with Crippen molar-refractivity contribution in [2.75, 3.05) is 11.9 Å². The van der Waals surface area contributed by atoms with E-state index in [2.05, 4.69) is 15.5 Å². The van der Waals surface area contributed by atoms with Gasteiger partial charge in [0.25, 0.3) is 0 Å². The molecule has 0 amide bonds. The first-order valence-electron chi connectivity index (χ1n) is 5.92. The fourth-order valence-corrected chi connectivity index (χ4v) is 2.21. The van der Waals surface area contributed by atoms with E-state index in [0.29, 0.717) is 17.8 Å².